The van der Waals surface area contributed by atoms with Crippen LogP contribution in [0.5, 0.6) is 11.5 Å². The van der Waals surface area contributed by atoms with E-state index in [0.717, 1.165) is 17.2 Å². The van der Waals surface area contributed by atoms with E-state index in [9.17, 15) is 25.5 Å². The van der Waals surface area contributed by atoms with Crippen LogP contribution in [-0.2, 0) is 17.6 Å². The van der Waals surface area contributed by atoms with Gasteiger partial charge in [-0.2, -0.15) is 10.5 Å². The van der Waals surface area contributed by atoms with Gasteiger partial charge < -0.3 is 15.3 Å². The summed E-state index contributed by atoms with van der Waals surface area (Å²) in [7, 11) is 0. The Kier molecular flexibility index (Phi) is 5.03. The van der Waals surface area contributed by atoms with Gasteiger partial charge in [-0.3, -0.25) is 4.79 Å². The summed E-state index contributed by atoms with van der Waals surface area (Å²) < 4.78 is 0. The predicted octanol–water partition coefficient (Wildman–Crippen LogP) is 2.45. The highest BCUT2D eigenvalue weighted by Crippen LogP contribution is 2.34. The summed E-state index contributed by atoms with van der Waals surface area (Å²) in [5.41, 5.74) is 2.01. The molecule has 0 spiro atoms. The van der Waals surface area contributed by atoms with Crippen LogP contribution in [0.2, 0.25) is 0 Å². The minimum atomic E-state index is -0.865. The van der Waals surface area contributed by atoms with E-state index in [1.54, 1.807) is 24.3 Å². The highest BCUT2D eigenvalue weighted by molar-refractivity contribution is 5.67. The van der Waals surface area contributed by atoms with Crippen LogP contribution in [0.15, 0.2) is 30.3 Å². The number of phenolic OH excluding ortho intramolecular Hbond substituents is 2. The Hall–Kier alpha value is -3.51. The van der Waals surface area contributed by atoms with Crippen LogP contribution in [0.1, 0.15) is 34.2 Å². The molecule has 3 N–H and O–H groups in total. The van der Waals surface area contributed by atoms with Gasteiger partial charge in [0.1, 0.15) is 11.6 Å². The van der Waals surface area contributed by atoms with Crippen LogP contribution in [0.3, 0.4) is 0 Å². The van der Waals surface area contributed by atoms with Gasteiger partial charge in [-0.05, 0) is 23.1 Å². The zero-order valence-electron chi connectivity index (χ0n) is 12.7. The second kappa shape index (κ2) is 7.17. The highest BCUT2D eigenvalue weighted by Gasteiger charge is 2.17. The van der Waals surface area contributed by atoms with Crippen LogP contribution in [0.25, 0.3) is 0 Å². The number of nitrogens with zero attached hydrogens (tertiary/aromatic N) is 2. The molecule has 0 amide bonds. The maximum absolute atomic E-state index is 10.6. The first-order chi connectivity index (χ1) is 11.5. The van der Waals surface area contributed by atoms with Crippen molar-refractivity contribution < 1.29 is 20.1 Å². The van der Waals surface area contributed by atoms with Crippen molar-refractivity contribution in [3.05, 3.63) is 58.1 Å². The Morgan fingerprint density at radius 3 is 2.21 bits per heavy atom. The Bertz CT molecular complexity index is 859. The molecular weight excluding hydrogens is 308 g/mol. The van der Waals surface area contributed by atoms with Crippen LogP contribution in [0, 0.1) is 22.7 Å². The first-order valence-corrected chi connectivity index (χ1v) is 7.14. The minimum Gasteiger partial charge on any atom is -0.504 e. The largest absolute Gasteiger partial charge is 0.504 e. The summed E-state index contributed by atoms with van der Waals surface area (Å²) in [6.07, 6.45) is 0.698. The zero-order valence-corrected chi connectivity index (χ0v) is 12.7. The normalized spacial score (nSPS) is 9.92. The monoisotopic (exact) mass is 322 g/mol. The number of aryl methyl sites for hydroxylation is 1. The highest BCUT2D eigenvalue weighted by atomic mass is 16.4. The van der Waals surface area contributed by atoms with Crippen molar-refractivity contribution in [2.45, 2.75) is 19.3 Å². The number of phenols is 2. The molecule has 2 aromatic rings. The van der Waals surface area contributed by atoms with Crippen LogP contribution in [0.4, 0.5) is 0 Å². The fourth-order valence-electron chi connectivity index (χ4n) is 2.38. The fraction of sp³-hybridized carbons (Fsp3) is 0.167. The number of rotatable bonds is 5. The number of carboxylic acid groups (broad SMARTS) is 1. The minimum absolute atomic E-state index is 0.0440. The molecule has 0 aliphatic rings. The van der Waals surface area contributed by atoms with Gasteiger partial charge in [0.25, 0.3) is 0 Å². The van der Waals surface area contributed by atoms with Crippen molar-refractivity contribution in [1.82, 2.24) is 0 Å². The summed E-state index contributed by atoms with van der Waals surface area (Å²) in [5, 5.41) is 46.5. The number of aliphatic carboxylic acids is 1. The van der Waals surface area contributed by atoms with Gasteiger partial charge in [0, 0.05) is 18.9 Å². The number of carbonyl (C=O) groups is 1. The molecule has 0 saturated carbocycles. The summed E-state index contributed by atoms with van der Waals surface area (Å²) in [6.45, 7) is 0. The van der Waals surface area contributed by atoms with Gasteiger partial charge in [-0.15, -0.1) is 0 Å². The molecule has 120 valence electrons. The van der Waals surface area contributed by atoms with Gasteiger partial charge in [0.15, 0.2) is 11.5 Å². The second-order valence-electron chi connectivity index (χ2n) is 5.26. The van der Waals surface area contributed by atoms with Crippen molar-refractivity contribution in [2.75, 3.05) is 0 Å². The fourth-order valence-corrected chi connectivity index (χ4v) is 2.38. The molecule has 0 aliphatic heterocycles. The van der Waals surface area contributed by atoms with Crippen molar-refractivity contribution in [2.24, 2.45) is 0 Å². The Morgan fingerprint density at radius 1 is 1.04 bits per heavy atom. The van der Waals surface area contributed by atoms with E-state index in [4.69, 9.17) is 5.11 Å². The Labute approximate surface area is 138 Å². The molecule has 0 saturated heterocycles. The third kappa shape index (κ3) is 3.63. The topological polar surface area (TPSA) is 125 Å². The lowest BCUT2D eigenvalue weighted by Gasteiger charge is -2.10. The van der Waals surface area contributed by atoms with Crippen LogP contribution in [-0.4, -0.2) is 21.3 Å². The Morgan fingerprint density at radius 2 is 1.67 bits per heavy atom. The van der Waals surface area contributed by atoms with E-state index >= 15 is 0 Å². The number of benzene rings is 2. The molecule has 24 heavy (non-hydrogen) atoms. The quantitative estimate of drug-likeness (QED) is 0.726. The maximum atomic E-state index is 10.6. The predicted molar refractivity (Wildman–Crippen MR) is 84.4 cm³/mol. The summed E-state index contributed by atoms with van der Waals surface area (Å²) in [6, 6.07) is 12.0. The van der Waals surface area contributed by atoms with E-state index in [-0.39, 0.29) is 24.0 Å². The number of aromatic hydroxyl groups is 2. The van der Waals surface area contributed by atoms with E-state index in [0.29, 0.717) is 12.0 Å². The first-order valence-electron chi connectivity index (χ1n) is 7.14. The molecular formula is C18H14N2O4. The molecule has 0 aliphatic carbocycles. The molecule has 6 heteroatoms. The SMILES string of the molecule is N#Cc1cc(O)c(O)c(C#N)c1Cc1ccc(CCC(=O)O)cc1. The molecule has 6 nitrogen and oxygen atoms in total. The van der Waals surface area contributed by atoms with Crippen LogP contribution < -0.4 is 0 Å². The van der Waals surface area contributed by atoms with Crippen molar-refractivity contribution in [3.63, 3.8) is 0 Å². The van der Waals surface area contributed by atoms with E-state index in [2.05, 4.69) is 0 Å². The summed E-state index contributed by atoms with van der Waals surface area (Å²) in [4.78, 5) is 10.6. The van der Waals surface area contributed by atoms with Gasteiger partial charge in [-0.1, -0.05) is 24.3 Å². The Balaban J connectivity index is 2.32. The summed E-state index contributed by atoms with van der Waals surface area (Å²) >= 11 is 0. The van der Waals surface area contributed by atoms with Crippen molar-refractivity contribution in [1.29, 1.82) is 10.5 Å². The molecule has 0 aromatic heterocycles. The number of carboxylic acids is 1. The lowest BCUT2D eigenvalue weighted by Crippen LogP contribution is -1.99. The van der Waals surface area contributed by atoms with E-state index in [1.807, 2.05) is 12.1 Å². The second-order valence-corrected chi connectivity index (χ2v) is 5.26. The molecule has 0 heterocycles. The third-order valence-corrected chi connectivity index (χ3v) is 3.65. The molecule has 0 unspecified atom stereocenters. The zero-order chi connectivity index (χ0) is 17.7. The first kappa shape index (κ1) is 16.9. The maximum Gasteiger partial charge on any atom is 0.303 e. The van der Waals surface area contributed by atoms with E-state index in [1.165, 1.54) is 0 Å². The third-order valence-electron chi connectivity index (χ3n) is 3.65. The van der Waals surface area contributed by atoms with E-state index < -0.39 is 17.5 Å². The van der Waals surface area contributed by atoms with Crippen molar-refractivity contribution >= 4 is 5.97 Å². The smallest absolute Gasteiger partial charge is 0.303 e. The lowest BCUT2D eigenvalue weighted by atomic mass is 9.94. The summed E-state index contributed by atoms with van der Waals surface area (Å²) in [5.74, 6) is -1.91. The van der Waals surface area contributed by atoms with Gasteiger partial charge in [-0.25, -0.2) is 0 Å². The molecule has 0 atom stereocenters. The number of nitriles is 2. The standard InChI is InChI=1S/C18H14N2O4/c19-9-13-8-16(21)18(24)15(10-20)14(13)7-12-3-1-11(2-4-12)5-6-17(22)23/h1-4,8,21,24H,5-7H2,(H,22,23). The molecule has 0 fully saturated rings. The van der Waals surface area contributed by atoms with Gasteiger partial charge >= 0.3 is 5.97 Å². The molecule has 0 radical (unpaired) electrons. The average molecular weight is 322 g/mol. The van der Waals surface area contributed by atoms with Gasteiger partial charge in [0.2, 0.25) is 0 Å². The number of hydrogen-bond donors (Lipinski definition) is 3. The molecule has 2 aromatic carbocycles. The van der Waals surface area contributed by atoms with Crippen LogP contribution >= 0.6 is 0 Å². The number of hydrogen-bond acceptors (Lipinski definition) is 5. The van der Waals surface area contributed by atoms with Gasteiger partial charge in [0.05, 0.1) is 11.6 Å². The lowest BCUT2D eigenvalue weighted by molar-refractivity contribution is -0.136. The van der Waals surface area contributed by atoms with Crippen molar-refractivity contribution in [3.8, 4) is 23.6 Å². The molecule has 0 bridgehead atoms. The molecule has 2 rings (SSSR count). The average Bonchev–Trinajstić information content (AvgIpc) is 2.57.